The van der Waals surface area contributed by atoms with Gasteiger partial charge in [-0.3, -0.25) is 4.79 Å². The Bertz CT molecular complexity index is 474. The van der Waals surface area contributed by atoms with E-state index >= 15 is 0 Å². The van der Waals surface area contributed by atoms with Gasteiger partial charge in [0.25, 0.3) is 5.91 Å². The average Bonchev–Trinajstić information content (AvgIpc) is 2.94. The smallest absolute Gasteiger partial charge is 0.254 e. The molecule has 0 bridgehead atoms. The number of fused-ring (bicyclic) bond motifs is 1. The zero-order valence-electron chi connectivity index (χ0n) is 11.9. The van der Waals surface area contributed by atoms with Crippen LogP contribution in [-0.2, 0) is 0 Å². The molecule has 5 heteroatoms. The molecule has 110 valence electrons. The lowest BCUT2D eigenvalue weighted by Gasteiger charge is -2.30. The van der Waals surface area contributed by atoms with E-state index in [1.54, 1.807) is 18.2 Å². The summed E-state index contributed by atoms with van der Waals surface area (Å²) in [5, 5.41) is 0. The minimum absolute atomic E-state index is 0.00218. The fraction of sp³-hybridized carbons (Fsp3) is 0.533. The first-order valence-electron chi connectivity index (χ1n) is 6.97. The van der Waals surface area contributed by atoms with Gasteiger partial charge in [-0.05, 0) is 31.0 Å². The molecule has 0 radical (unpaired) electrons. The number of rotatable bonds is 6. The Balaban J connectivity index is 2.22. The van der Waals surface area contributed by atoms with Crippen LogP contribution >= 0.6 is 11.6 Å². The maximum atomic E-state index is 12.7. The maximum absolute atomic E-state index is 12.7. The van der Waals surface area contributed by atoms with Gasteiger partial charge in [-0.2, -0.15) is 0 Å². The second-order valence-electron chi connectivity index (χ2n) is 4.73. The summed E-state index contributed by atoms with van der Waals surface area (Å²) in [5.41, 5.74) is 0.617. The predicted molar refractivity (Wildman–Crippen MR) is 78.7 cm³/mol. The van der Waals surface area contributed by atoms with Gasteiger partial charge < -0.3 is 14.4 Å². The standard InChI is InChI=1S/C15H20ClNO3/c1-3-12(4-2)17(8-7-16)15(18)11-5-6-13-14(9-11)20-10-19-13/h5-6,9,12H,3-4,7-8,10H2,1-2H3. The summed E-state index contributed by atoms with van der Waals surface area (Å²) >= 11 is 5.84. The minimum Gasteiger partial charge on any atom is -0.454 e. The van der Waals surface area contributed by atoms with Crippen molar-refractivity contribution < 1.29 is 14.3 Å². The molecule has 0 unspecified atom stereocenters. The Labute approximate surface area is 124 Å². The lowest BCUT2D eigenvalue weighted by molar-refractivity contribution is 0.0681. The van der Waals surface area contributed by atoms with Gasteiger partial charge in [-0.15, -0.1) is 11.6 Å². The lowest BCUT2D eigenvalue weighted by atomic mass is 10.1. The number of carbonyl (C=O) groups is 1. The molecule has 0 fully saturated rings. The molecule has 20 heavy (non-hydrogen) atoms. The molecule has 4 nitrogen and oxygen atoms in total. The summed E-state index contributed by atoms with van der Waals surface area (Å²) in [6, 6.07) is 5.52. The van der Waals surface area contributed by atoms with E-state index in [4.69, 9.17) is 21.1 Å². The van der Waals surface area contributed by atoms with Crippen LogP contribution in [0.4, 0.5) is 0 Å². The van der Waals surface area contributed by atoms with Crippen LogP contribution in [0.5, 0.6) is 11.5 Å². The fourth-order valence-corrected chi connectivity index (χ4v) is 2.65. The summed E-state index contributed by atoms with van der Waals surface area (Å²) in [7, 11) is 0. The van der Waals surface area contributed by atoms with E-state index in [1.807, 2.05) is 4.90 Å². The van der Waals surface area contributed by atoms with Gasteiger partial charge in [0, 0.05) is 24.0 Å². The molecule has 0 saturated heterocycles. The first-order valence-corrected chi connectivity index (χ1v) is 7.51. The predicted octanol–water partition coefficient (Wildman–Crippen LogP) is 3.28. The summed E-state index contributed by atoms with van der Waals surface area (Å²) in [4.78, 5) is 14.5. The van der Waals surface area contributed by atoms with Gasteiger partial charge >= 0.3 is 0 Å². The summed E-state index contributed by atoms with van der Waals surface area (Å²) in [6.45, 7) is 4.94. The van der Waals surface area contributed by atoms with Crippen molar-refractivity contribution in [3.63, 3.8) is 0 Å². The van der Waals surface area contributed by atoms with Gasteiger partial charge in [0.2, 0.25) is 6.79 Å². The van der Waals surface area contributed by atoms with E-state index < -0.39 is 0 Å². The van der Waals surface area contributed by atoms with Gasteiger partial charge in [-0.1, -0.05) is 13.8 Å². The van der Waals surface area contributed by atoms with E-state index in [-0.39, 0.29) is 18.7 Å². The molecule has 0 saturated carbocycles. The van der Waals surface area contributed by atoms with Crippen molar-refractivity contribution in [1.29, 1.82) is 0 Å². The zero-order chi connectivity index (χ0) is 14.5. The van der Waals surface area contributed by atoms with Crippen molar-refractivity contribution >= 4 is 17.5 Å². The van der Waals surface area contributed by atoms with Gasteiger partial charge in [0.05, 0.1) is 0 Å². The van der Waals surface area contributed by atoms with Crippen molar-refractivity contribution in [2.75, 3.05) is 19.2 Å². The molecule has 2 rings (SSSR count). The van der Waals surface area contributed by atoms with E-state index in [2.05, 4.69) is 13.8 Å². The SMILES string of the molecule is CCC(CC)N(CCCl)C(=O)c1ccc2c(c1)OCO2. The molecule has 1 aliphatic rings. The van der Waals surface area contributed by atoms with Gasteiger partial charge in [-0.25, -0.2) is 0 Å². The van der Waals surface area contributed by atoms with Crippen LogP contribution < -0.4 is 9.47 Å². The number of carbonyl (C=O) groups excluding carboxylic acids is 1. The van der Waals surface area contributed by atoms with Crippen LogP contribution in [0.15, 0.2) is 18.2 Å². The number of ether oxygens (including phenoxy) is 2. The van der Waals surface area contributed by atoms with Crippen LogP contribution in [0.1, 0.15) is 37.0 Å². The van der Waals surface area contributed by atoms with Crippen molar-refractivity contribution in [3.8, 4) is 11.5 Å². The van der Waals surface area contributed by atoms with E-state index in [0.717, 1.165) is 12.8 Å². The van der Waals surface area contributed by atoms with E-state index in [0.29, 0.717) is 29.5 Å². The zero-order valence-corrected chi connectivity index (χ0v) is 12.7. The Morgan fingerprint density at radius 3 is 2.65 bits per heavy atom. The van der Waals surface area contributed by atoms with Gasteiger partial charge in [0.15, 0.2) is 11.5 Å². The highest BCUT2D eigenvalue weighted by Gasteiger charge is 2.24. The Morgan fingerprint density at radius 1 is 1.30 bits per heavy atom. The molecule has 1 amide bonds. The fourth-order valence-electron chi connectivity index (χ4n) is 2.47. The number of hydrogen-bond donors (Lipinski definition) is 0. The second kappa shape index (κ2) is 6.84. The largest absolute Gasteiger partial charge is 0.454 e. The van der Waals surface area contributed by atoms with Crippen molar-refractivity contribution in [3.05, 3.63) is 23.8 Å². The van der Waals surface area contributed by atoms with E-state index in [9.17, 15) is 4.79 Å². The van der Waals surface area contributed by atoms with Crippen LogP contribution in [0.2, 0.25) is 0 Å². The Hall–Kier alpha value is -1.42. The third-order valence-electron chi connectivity index (χ3n) is 3.59. The number of benzene rings is 1. The summed E-state index contributed by atoms with van der Waals surface area (Å²) < 4.78 is 10.6. The highest BCUT2D eigenvalue weighted by atomic mass is 35.5. The highest BCUT2D eigenvalue weighted by molar-refractivity contribution is 6.18. The molecular weight excluding hydrogens is 278 g/mol. The van der Waals surface area contributed by atoms with Crippen LogP contribution in [0.25, 0.3) is 0 Å². The Kier molecular flexibility index (Phi) is 5.12. The lowest BCUT2D eigenvalue weighted by Crippen LogP contribution is -2.41. The maximum Gasteiger partial charge on any atom is 0.254 e. The van der Waals surface area contributed by atoms with Crippen molar-refractivity contribution in [1.82, 2.24) is 4.90 Å². The van der Waals surface area contributed by atoms with Crippen LogP contribution in [0.3, 0.4) is 0 Å². The number of nitrogens with zero attached hydrogens (tertiary/aromatic N) is 1. The van der Waals surface area contributed by atoms with E-state index in [1.165, 1.54) is 0 Å². The van der Waals surface area contributed by atoms with Crippen LogP contribution in [-0.4, -0.2) is 36.1 Å². The molecule has 0 atom stereocenters. The number of amides is 1. The van der Waals surface area contributed by atoms with Crippen LogP contribution in [0, 0.1) is 0 Å². The average molecular weight is 298 g/mol. The molecule has 1 aromatic rings. The molecule has 0 aromatic heterocycles. The number of halogens is 1. The van der Waals surface area contributed by atoms with Gasteiger partial charge in [0.1, 0.15) is 0 Å². The second-order valence-corrected chi connectivity index (χ2v) is 5.10. The summed E-state index contributed by atoms with van der Waals surface area (Å²) in [6.07, 6.45) is 1.84. The van der Waals surface area contributed by atoms with Crippen molar-refractivity contribution in [2.45, 2.75) is 32.7 Å². The van der Waals surface area contributed by atoms with Crippen molar-refractivity contribution in [2.24, 2.45) is 0 Å². The molecule has 1 aromatic carbocycles. The molecule has 0 aliphatic carbocycles. The third kappa shape index (κ3) is 3.01. The molecule has 0 spiro atoms. The molecule has 0 N–H and O–H groups in total. The monoisotopic (exact) mass is 297 g/mol. The molecule has 1 heterocycles. The normalized spacial score (nSPS) is 12.8. The summed E-state index contributed by atoms with van der Waals surface area (Å²) in [5.74, 6) is 1.75. The minimum atomic E-state index is -0.00218. The first-order chi connectivity index (χ1) is 9.71. The quantitative estimate of drug-likeness (QED) is 0.756. The third-order valence-corrected chi connectivity index (χ3v) is 3.76. The topological polar surface area (TPSA) is 38.8 Å². The number of alkyl halides is 1. The first kappa shape index (κ1) is 15.0. The molecular formula is C15H20ClNO3. The number of hydrogen-bond acceptors (Lipinski definition) is 3. The highest BCUT2D eigenvalue weighted by Crippen LogP contribution is 2.33. The Morgan fingerprint density at radius 2 is 2.00 bits per heavy atom. The molecule has 1 aliphatic heterocycles.